The third kappa shape index (κ3) is 2.37. The Morgan fingerprint density at radius 2 is 2.20 bits per heavy atom. The van der Waals surface area contributed by atoms with E-state index in [1.807, 2.05) is 0 Å². The van der Waals surface area contributed by atoms with Crippen LogP contribution in [0.25, 0.3) is 11.0 Å². The number of rotatable bonds is 2. The van der Waals surface area contributed by atoms with Crippen molar-refractivity contribution in [3.05, 3.63) is 34.5 Å². The van der Waals surface area contributed by atoms with Gasteiger partial charge < -0.3 is 4.98 Å². The molecule has 2 heterocycles. The van der Waals surface area contributed by atoms with E-state index in [2.05, 4.69) is 4.98 Å². The van der Waals surface area contributed by atoms with Crippen LogP contribution in [0.3, 0.4) is 0 Å². The van der Waals surface area contributed by atoms with Crippen molar-refractivity contribution in [2.24, 2.45) is 5.92 Å². The molecular weight excluding hydrogens is 283 g/mol. The number of halogens is 1. The third-order valence-electron chi connectivity index (χ3n) is 3.76. The predicted molar refractivity (Wildman–Crippen MR) is 73.9 cm³/mol. The minimum absolute atomic E-state index is 0.0892. The van der Waals surface area contributed by atoms with Crippen LogP contribution in [0.5, 0.6) is 0 Å². The number of fused-ring (bicyclic) bond motifs is 1. The molecule has 1 aliphatic rings. The zero-order valence-electron chi connectivity index (χ0n) is 10.8. The van der Waals surface area contributed by atoms with Crippen molar-refractivity contribution in [1.82, 2.24) is 9.55 Å². The molecular formula is C13H15FN2O3S. The average Bonchev–Trinajstić information content (AvgIpc) is 2.67. The number of aromatic amines is 1. The summed E-state index contributed by atoms with van der Waals surface area (Å²) < 4.78 is 38.3. The van der Waals surface area contributed by atoms with Gasteiger partial charge in [-0.3, -0.25) is 4.57 Å². The summed E-state index contributed by atoms with van der Waals surface area (Å²) in [5, 5.41) is 0. The average molecular weight is 298 g/mol. The Balaban J connectivity index is 1.97. The van der Waals surface area contributed by atoms with E-state index in [9.17, 15) is 17.6 Å². The zero-order valence-corrected chi connectivity index (χ0v) is 11.6. The van der Waals surface area contributed by atoms with Gasteiger partial charge in [0.2, 0.25) is 0 Å². The Kier molecular flexibility index (Phi) is 3.16. The standard InChI is InChI=1S/C13H15FN2O3S/c14-10-4-1-5-11-12(10)15-13(17)16(11)7-9-3-2-6-20(18,19)8-9/h1,4-5,9H,2-3,6-8H2,(H,15,17). The molecule has 1 aromatic carbocycles. The van der Waals surface area contributed by atoms with Crippen molar-refractivity contribution in [2.75, 3.05) is 11.5 Å². The summed E-state index contributed by atoms with van der Waals surface area (Å²) in [6.45, 7) is 0.307. The normalized spacial score (nSPS) is 22.1. The van der Waals surface area contributed by atoms with Crippen LogP contribution in [0.1, 0.15) is 12.8 Å². The number of nitrogens with one attached hydrogen (secondary N) is 1. The van der Waals surface area contributed by atoms with E-state index in [1.54, 1.807) is 12.1 Å². The Morgan fingerprint density at radius 3 is 2.95 bits per heavy atom. The molecule has 0 amide bonds. The van der Waals surface area contributed by atoms with Gasteiger partial charge in [-0.2, -0.15) is 0 Å². The first-order valence-corrected chi connectivity index (χ1v) is 8.36. The number of hydrogen-bond donors (Lipinski definition) is 1. The minimum Gasteiger partial charge on any atom is -0.303 e. The maximum Gasteiger partial charge on any atom is 0.326 e. The monoisotopic (exact) mass is 298 g/mol. The highest BCUT2D eigenvalue weighted by Crippen LogP contribution is 2.22. The van der Waals surface area contributed by atoms with Gasteiger partial charge in [0, 0.05) is 6.54 Å². The van der Waals surface area contributed by atoms with E-state index < -0.39 is 21.3 Å². The van der Waals surface area contributed by atoms with Crippen LogP contribution in [0.4, 0.5) is 4.39 Å². The van der Waals surface area contributed by atoms with E-state index in [4.69, 9.17) is 0 Å². The lowest BCUT2D eigenvalue weighted by Crippen LogP contribution is -2.30. The summed E-state index contributed by atoms with van der Waals surface area (Å²) in [7, 11) is -3.01. The number of sulfone groups is 1. The second-order valence-electron chi connectivity index (χ2n) is 5.30. The fourth-order valence-corrected chi connectivity index (χ4v) is 4.61. The van der Waals surface area contributed by atoms with Gasteiger partial charge in [0.25, 0.3) is 0 Å². The van der Waals surface area contributed by atoms with Gasteiger partial charge >= 0.3 is 5.69 Å². The molecule has 2 aromatic rings. The van der Waals surface area contributed by atoms with Gasteiger partial charge in [-0.05, 0) is 30.9 Å². The summed E-state index contributed by atoms with van der Waals surface area (Å²) in [4.78, 5) is 14.4. The van der Waals surface area contributed by atoms with Gasteiger partial charge in [0.05, 0.1) is 17.0 Å². The molecule has 0 bridgehead atoms. The van der Waals surface area contributed by atoms with Crippen LogP contribution in [0.15, 0.2) is 23.0 Å². The number of hydrogen-bond acceptors (Lipinski definition) is 3. The van der Waals surface area contributed by atoms with Gasteiger partial charge in [0.15, 0.2) is 9.84 Å². The van der Waals surface area contributed by atoms with E-state index >= 15 is 0 Å². The molecule has 1 atom stereocenters. The number of para-hydroxylation sites is 1. The number of benzene rings is 1. The molecule has 108 valence electrons. The molecule has 0 aliphatic carbocycles. The molecule has 1 unspecified atom stereocenters. The third-order valence-corrected chi connectivity index (χ3v) is 5.65. The number of H-pyrrole nitrogens is 1. The highest BCUT2D eigenvalue weighted by atomic mass is 32.2. The quantitative estimate of drug-likeness (QED) is 0.908. The second-order valence-corrected chi connectivity index (χ2v) is 7.53. The van der Waals surface area contributed by atoms with Crippen LogP contribution in [0.2, 0.25) is 0 Å². The first-order valence-electron chi connectivity index (χ1n) is 6.54. The van der Waals surface area contributed by atoms with Crippen LogP contribution in [0, 0.1) is 11.7 Å². The molecule has 3 rings (SSSR count). The van der Waals surface area contributed by atoms with Gasteiger partial charge in [0.1, 0.15) is 11.3 Å². The van der Waals surface area contributed by atoms with Crippen molar-refractivity contribution in [3.63, 3.8) is 0 Å². The first-order chi connectivity index (χ1) is 9.46. The number of aromatic nitrogens is 2. The minimum atomic E-state index is -3.01. The topological polar surface area (TPSA) is 71.9 Å². The highest BCUT2D eigenvalue weighted by Gasteiger charge is 2.26. The summed E-state index contributed by atoms with van der Waals surface area (Å²) in [6.07, 6.45) is 1.39. The summed E-state index contributed by atoms with van der Waals surface area (Å²) in [6, 6.07) is 4.49. The molecule has 20 heavy (non-hydrogen) atoms. The number of imidazole rings is 1. The maximum atomic E-state index is 13.6. The van der Waals surface area contributed by atoms with Crippen LogP contribution < -0.4 is 5.69 Å². The maximum absolute atomic E-state index is 13.6. The summed E-state index contributed by atoms with van der Waals surface area (Å²) >= 11 is 0. The zero-order chi connectivity index (χ0) is 14.3. The lowest BCUT2D eigenvalue weighted by molar-refractivity contribution is 0.427. The number of nitrogens with zero attached hydrogens (tertiary/aromatic N) is 1. The fourth-order valence-electron chi connectivity index (χ4n) is 2.85. The molecule has 1 aliphatic heterocycles. The van der Waals surface area contributed by atoms with E-state index in [1.165, 1.54) is 10.6 Å². The first kappa shape index (κ1) is 13.4. The van der Waals surface area contributed by atoms with Gasteiger partial charge in [-0.15, -0.1) is 0 Å². The molecule has 0 spiro atoms. The predicted octanol–water partition coefficient (Wildman–Crippen LogP) is 1.29. The molecule has 7 heteroatoms. The Hall–Kier alpha value is -1.63. The molecule has 5 nitrogen and oxygen atoms in total. The molecule has 1 fully saturated rings. The summed E-state index contributed by atoms with van der Waals surface area (Å²) in [5.74, 6) is -0.245. The lowest BCUT2D eigenvalue weighted by Gasteiger charge is -2.22. The van der Waals surface area contributed by atoms with Crippen LogP contribution in [-0.4, -0.2) is 29.5 Å². The molecule has 1 aromatic heterocycles. The fraction of sp³-hybridized carbons (Fsp3) is 0.462. The van der Waals surface area contributed by atoms with Crippen molar-refractivity contribution in [2.45, 2.75) is 19.4 Å². The van der Waals surface area contributed by atoms with Crippen LogP contribution in [-0.2, 0) is 16.4 Å². The van der Waals surface area contributed by atoms with Crippen molar-refractivity contribution >= 4 is 20.9 Å². The van der Waals surface area contributed by atoms with E-state index in [0.29, 0.717) is 18.5 Å². The smallest absolute Gasteiger partial charge is 0.303 e. The van der Waals surface area contributed by atoms with Crippen LogP contribution >= 0.6 is 0 Å². The Morgan fingerprint density at radius 1 is 1.40 bits per heavy atom. The van der Waals surface area contributed by atoms with Crippen molar-refractivity contribution < 1.29 is 12.8 Å². The van der Waals surface area contributed by atoms with Gasteiger partial charge in [-0.25, -0.2) is 17.6 Å². The van der Waals surface area contributed by atoms with E-state index in [-0.39, 0.29) is 22.9 Å². The van der Waals surface area contributed by atoms with Gasteiger partial charge in [-0.1, -0.05) is 6.07 Å². The SMILES string of the molecule is O=c1[nH]c2c(F)cccc2n1CC1CCCS(=O)(=O)C1. The Bertz CT molecular complexity index is 807. The molecule has 0 radical (unpaired) electrons. The lowest BCUT2D eigenvalue weighted by atomic mass is 10.1. The molecule has 1 saturated heterocycles. The second kappa shape index (κ2) is 4.73. The van der Waals surface area contributed by atoms with Crippen molar-refractivity contribution in [1.29, 1.82) is 0 Å². The highest BCUT2D eigenvalue weighted by molar-refractivity contribution is 7.91. The summed E-state index contributed by atoms with van der Waals surface area (Å²) in [5.41, 5.74) is 0.266. The Labute approximate surface area is 115 Å². The molecule has 1 N–H and O–H groups in total. The largest absolute Gasteiger partial charge is 0.326 e. The van der Waals surface area contributed by atoms with E-state index in [0.717, 1.165) is 6.42 Å². The molecule has 0 saturated carbocycles. The van der Waals surface area contributed by atoms with Crippen molar-refractivity contribution in [3.8, 4) is 0 Å².